The van der Waals surface area contributed by atoms with Crippen molar-refractivity contribution in [2.24, 2.45) is 0 Å². The van der Waals surface area contributed by atoms with Crippen LogP contribution in [0.1, 0.15) is 12.5 Å². The number of rotatable bonds is 7. The molecule has 0 radical (unpaired) electrons. The van der Waals surface area contributed by atoms with Crippen LogP contribution in [0.3, 0.4) is 0 Å². The number of hydrogen-bond acceptors (Lipinski definition) is 8. The van der Waals surface area contributed by atoms with Crippen molar-refractivity contribution in [2.75, 3.05) is 23.6 Å². The maximum atomic E-state index is 12.1. The molecule has 0 unspecified atom stereocenters. The first-order valence-corrected chi connectivity index (χ1v) is 10.5. The molecule has 1 N–H and O–H groups in total. The van der Waals surface area contributed by atoms with Crippen molar-refractivity contribution in [3.63, 3.8) is 0 Å². The first-order valence-electron chi connectivity index (χ1n) is 10.5. The number of fused-ring (bicyclic) bond motifs is 2. The second kappa shape index (κ2) is 8.62. The molecule has 9 nitrogen and oxygen atoms in total. The van der Waals surface area contributed by atoms with Gasteiger partial charge in [0.1, 0.15) is 6.33 Å². The number of hydrogen-bond donors (Lipinski definition) is 1. The van der Waals surface area contributed by atoms with Crippen LogP contribution in [-0.2, 0) is 6.54 Å². The fourth-order valence-electron chi connectivity index (χ4n) is 3.98. The fourth-order valence-corrected chi connectivity index (χ4v) is 3.98. The minimum atomic E-state index is -0.439. The number of aromatic nitrogens is 2. The van der Waals surface area contributed by atoms with Gasteiger partial charge < -0.3 is 19.7 Å². The van der Waals surface area contributed by atoms with Crippen LogP contribution in [0.2, 0.25) is 0 Å². The Morgan fingerprint density at radius 3 is 2.73 bits per heavy atom. The van der Waals surface area contributed by atoms with Gasteiger partial charge in [-0.2, -0.15) is 0 Å². The number of benzene rings is 3. The summed E-state index contributed by atoms with van der Waals surface area (Å²) in [6.07, 6.45) is 1.35. The van der Waals surface area contributed by atoms with E-state index in [4.69, 9.17) is 9.47 Å². The number of anilines is 3. The van der Waals surface area contributed by atoms with E-state index in [1.165, 1.54) is 6.33 Å². The molecule has 0 spiro atoms. The molecular weight excluding hydrogens is 422 g/mol. The highest BCUT2D eigenvalue weighted by Crippen LogP contribution is 2.39. The Morgan fingerprint density at radius 1 is 1.06 bits per heavy atom. The summed E-state index contributed by atoms with van der Waals surface area (Å²) >= 11 is 0. The molecular formula is C24H21N5O4. The molecule has 1 aromatic heterocycles. The molecule has 0 saturated carbocycles. The fraction of sp³-hybridized carbons (Fsp3) is 0.167. The lowest BCUT2D eigenvalue weighted by Crippen LogP contribution is -2.20. The third-order valence-electron chi connectivity index (χ3n) is 5.51. The minimum Gasteiger partial charge on any atom is -0.454 e. The average molecular weight is 443 g/mol. The Balaban J connectivity index is 1.51. The van der Waals surface area contributed by atoms with Gasteiger partial charge in [-0.05, 0) is 36.1 Å². The molecule has 1 aliphatic rings. The van der Waals surface area contributed by atoms with Crippen molar-refractivity contribution >= 4 is 33.8 Å². The Hall–Kier alpha value is -4.40. The van der Waals surface area contributed by atoms with E-state index in [0.717, 1.165) is 22.0 Å². The van der Waals surface area contributed by atoms with Crippen molar-refractivity contribution in [2.45, 2.75) is 13.5 Å². The number of ether oxygens (including phenoxy) is 2. The van der Waals surface area contributed by atoms with Gasteiger partial charge >= 0.3 is 5.69 Å². The lowest BCUT2D eigenvalue weighted by atomic mass is 10.1. The smallest absolute Gasteiger partial charge is 0.353 e. The summed E-state index contributed by atoms with van der Waals surface area (Å²) in [5, 5.41) is 17.3. The van der Waals surface area contributed by atoms with Crippen LogP contribution in [0.4, 0.5) is 23.0 Å². The van der Waals surface area contributed by atoms with Crippen molar-refractivity contribution in [3.8, 4) is 11.5 Å². The molecule has 0 bridgehead atoms. The maximum absolute atomic E-state index is 12.1. The highest BCUT2D eigenvalue weighted by atomic mass is 16.7. The van der Waals surface area contributed by atoms with Gasteiger partial charge in [0.2, 0.25) is 18.4 Å². The molecule has 0 atom stereocenters. The van der Waals surface area contributed by atoms with Crippen LogP contribution in [0.25, 0.3) is 10.8 Å². The van der Waals surface area contributed by atoms with Gasteiger partial charge in [0.15, 0.2) is 11.5 Å². The lowest BCUT2D eigenvalue weighted by Gasteiger charge is -2.24. The quantitative estimate of drug-likeness (QED) is 0.313. The van der Waals surface area contributed by atoms with E-state index < -0.39 is 4.92 Å². The lowest BCUT2D eigenvalue weighted by molar-refractivity contribution is -0.383. The van der Waals surface area contributed by atoms with Crippen molar-refractivity contribution < 1.29 is 14.4 Å². The second-order valence-corrected chi connectivity index (χ2v) is 7.44. The minimum absolute atomic E-state index is 0.154. The van der Waals surface area contributed by atoms with Crippen LogP contribution in [0.5, 0.6) is 11.5 Å². The van der Waals surface area contributed by atoms with Gasteiger partial charge in [-0.15, -0.1) is 0 Å². The molecule has 2 heterocycles. The number of nitrogens with one attached hydrogen (secondary N) is 1. The van der Waals surface area contributed by atoms with E-state index in [1.807, 2.05) is 72.5 Å². The van der Waals surface area contributed by atoms with Crippen LogP contribution in [-0.4, -0.2) is 28.2 Å². The summed E-state index contributed by atoms with van der Waals surface area (Å²) in [6.45, 7) is 2.95. The molecule has 1 aliphatic heterocycles. The Morgan fingerprint density at radius 2 is 1.88 bits per heavy atom. The van der Waals surface area contributed by atoms with Gasteiger partial charge in [-0.1, -0.05) is 42.5 Å². The van der Waals surface area contributed by atoms with Gasteiger partial charge in [0.25, 0.3) is 0 Å². The summed E-state index contributed by atoms with van der Waals surface area (Å²) < 4.78 is 10.7. The summed E-state index contributed by atoms with van der Waals surface area (Å²) in [6, 6.07) is 19.4. The predicted molar refractivity (Wildman–Crippen MR) is 125 cm³/mol. The van der Waals surface area contributed by atoms with E-state index in [2.05, 4.69) is 15.3 Å². The van der Waals surface area contributed by atoms with E-state index in [9.17, 15) is 10.1 Å². The monoisotopic (exact) mass is 443 g/mol. The Bertz CT molecular complexity index is 1340. The zero-order valence-electron chi connectivity index (χ0n) is 17.9. The molecule has 4 aromatic rings. The first kappa shape index (κ1) is 20.5. The molecule has 5 rings (SSSR count). The third-order valence-corrected chi connectivity index (χ3v) is 5.51. The van der Waals surface area contributed by atoms with Crippen LogP contribution in [0.15, 0.2) is 67.0 Å². The zero-order chi connectivity index (χ0) is 22.8. The van der Waals surface area contributed by atoms with Crippen LogP contribution < -0.4 is 19.7 Å². The van der Waals surface area contributed by atoms with Crippen molar-refractivity contribution in [3.05, 3.63) is 82.7 Å². The van der Waals surface area contributed by atoms with Gasteiger partial charge in [0.05, 0.1) is 10.6 Å². The largest absolute Gasteiger partial charge is 0.454 e. The Kier molecular flexibility index (Phi) is 5.35. The van der Waals surface area contributed by atoms with Gasteiger partial charge in [-0.3, -0.25) is 10.1 Å². The molecule has 166 valence electrons. The highest BCUT2D eigenvalue weighted by molar-refractivity contribution is 5.96. The predicted octanol–water partition coefficient (Wildman–Crippen LogP) is 5.04. The zero-order valence-corrected chi connectivity index (χ0v) is 17.9. The number of nitro groups is 1. The van der Waals surface area contributed by atoms with Gasteiger partial charge in [0, 0.05) is 18.5 Å². The van der Waals surface area contributed by atoms with Crippen molar-refractivity contribution in [1.82, 2.24) is 9.97 Å². The molecule has 0 fully saturated rings. The average Bonchev–Trinajstić information content (AvgIpc) is 3.31. The molecule has 9 heteroatoms. The summed E-state index contributed by atoms with van der Waals surface area (Å²) in [7, 11) is 0. The summed E-state index contributed by atoms with van der Waals surface area (Å²) in [5.41, 5.74) is 1.56. The van der Waals surface area contributed by atoms with E-state index in [1.54, 1.807) is 0 Å². The highest BCUT2D eigenvalue weighted by Gasteiger charge is 2.28. The third kappa shape index (κ3) is 3.84. The normalized spacial score (nSPS) is 12.0. The molecule has 0 saturated heterocycles. The summed E-state index contributed by atoms with van der Waals surface area (Å²) in [4.78, 5) is 22.0. The van der Waals surface area contributed by atoms with Gasteiger partial charge in [-0.25, -0.2) is 9.97 Å². The SMILES string of the molecule is CCN(c1ncnc(NCc2ccc3c(c2)OCO3)c1[N+](=O)[O-])c1cccc2ccccc12. The second-order valence-electron chi connectivity index (χ2n) is 7.44. The molecule has 3 aromatic carbocycles. The van der Waals surface area contributed by atoms with E-state index in [0.29, 0.717) is 24.6 Å². The maximum Gasteiger partial charge on any atom is 0.353 e. The first-order chi connectivity index (χ1) is 16.2. The molecule has 0 aliphatic carbocycles. The Labute approximate surface area is 189 Å². The van der Waals surface area contributed by atoms with E-state index >= 15 is 0 Å². The van der Waals surface area contributed by atoms with Crippen LogP contribution in [0, 0.1) is 10.1 Å². The molecule has 0 amide bonds. The standard InChI is InChI=1S/C24H21N5O4/c1-2-28(19-9-5-7-17-6-3-4-8-18(17)19)24-22(29(30)31)23(26-14-27-24)25-13-16-10-11-20-21(12-16)33-15-32-20/h3-12,14H,2,13,15H2,1H3,(H,25,26,27). The van der Waals surface area contributed by atoms with E-state index in [-0.39, 0.29) is 24.1 Å². The van der Waals surface area contributed by atoms with Crippen LogP contribution >= 0.6 is 0 Å². The molecule has 33 heavy (non-hydrogen) atoms. The van der Waals surface area contributed by atoms with Crippen molar-refractivity contribution in [1.29, 1.82) is 0 Å². The number of nitrogens with zero attached hydrogens (tertiary/aromatic N) is 4. The summed E-state index contributed by atoms with van der Waals surface area (Å²) in [5.74, 6) is 1.73. The topological polar surface area (TPSA) is 103 Å².